The Bertz CT molecular complexity index is 352. The predicted molar refractivity (Wildman–Crippen MR) is 66.8 cm³/mol. The molecule has 0 amide bonds. The highest BCUT2D eigenvalue weighted by Crippen LogP contribution is 2.22. The molecule has 0 aliphatic heterocycles. The minimum atomic E-state index is -0.923. The minimum absolute atomic E-state index is 0.0594. The summed E-state index contributed by atoms with van der Waals surface area (Å²) in [5.41, 5.74) is 5.28. The summed E-state index contributed by atoms with van der Waals surface area (Å²) in [6.07, 6.45) is 0.282. The molecule has 96 valence electrons. The molecule has 1 aromatic carbocycles. The average molecular weight is 239 g/mol. The smallest absolute Gasteiger partial charge is 0.125 e. The van der Waals surface area contributed by atoms with Gasteiger partial charge in [0, 0.05) is 18.5 Å². The van der Waals surface area contributed by atoms with Gasteiger partial charge in [0.2, 0.25) is 0 Å². The number of aliphatic hydroxyl groups is 2. The molecule has 0 aliphatic rings. The molecule has 17 heavy (non-hydrogen) atoms. The summed E-state index contributed by atoms with van der Waals surface area (Å²) in [4.78, 5) is 0. The second-order valence-electron chi connectivity index (χ2n) is 4.60. The van der Waals surface area contributed by atoms with Gasteiger partial charge in [-0.3, -0.25) is 0 Å². The van der Waals surface area contributed by atoms with Crippen molar-refractivity contribution in [3.8, 4) is 5.75 Å². The maximum absolute atomic E-state index is 9.84. The van der Waals surface area contributed by atoms with Gasteiger partial charge in [0.25, 0.3) is 0 Å². The van der Waals surface area contributed by atoms with Crippen LogP contribution in [-0.2, 0) is 6.61 Å². The summed E-state index contributed by atoms with van der Waals surface area (Å²) >= 11 is 0. The molecule has 0 fully saturated rings. The lowest BCUT2D eigenvalue weighted by atomic mass is 9.99. The SMILES string of the molecule is CC(CC(C)(O)CN)Oc1ccccc1CO. The van der Waals surface area contributed by atoms with Crippen molar-refractivity contribution >= 4 is 0 Å². The minimum Gasteiger partial charge on any atom is -0.490 e. The fourth-order valence-corrected chi connectivity index (χ4v) is 1.71. The van der Waals surface area contributed by atoms with E-state index in [4.69, 9.17) is 15.6 Å². The van der Waals surface area contributed by atoms with Crippen molar-refractivity contribution in [2.75, 3.05) is 6.54 Å². The highest BCUT2D eigenvalue weighted by atomic mass is 16.5. The Labute approximate surface area is 102 Å². The maximum atomic E-state index is 9.84. The van der Waals surface area contributed by atoms with Crippen molar-refractivity contribution in [3.63, 3.8) is 0 Å². The summed E-state index contributed by atoms with van der Waals surface area (Å²) in [7, 11) is 0. The molecule has 0 aliphatic carbocycles. The van der Waals surface area contributed by atoms with Crippen LogP contribution in [0.15, 0.2) is 24.3 Å². The van der Waals surface area contributed by atoms with Crippen molar-refractivity contribution in [3.05, 3.63) is 29.8 Å². The van der Waals surface area contributed by atoms with Crippen LogP contribution in [0.2, 0.25) is 0 Å². The Morgan fingerprint density at radius 2 is 2.06 bits per heavy atom. The molecular formula is C13H21NO3. The van der Waals surface area contributed by atoms with Crippen molar-refractivity contribution in [1.82, 2.24) is 0 Å². The van der Waals surface area contributed by atoms with Crippen LogP contribution in [0.5, 0.6) is 5.75 Å². The zero-order valence-electron chi connectivity index (χ0n) is 10.4. The van der Waals surface area contributed by atoms with Crippen molar-refractivity contribution in [2.24, 2.45) is 5.73 Å². The predicted octanol–water partition coefficient (Wildman–Crippen LogP) is 1.05. The normalized spacial score (nSPS) is 16.3. The summed E-state index contributed by atoms with van der Waals surface area (Å²) in [5, 5.41) is 19.0. The van der Waals surface area contributed by atoms with Crippen LogP contribution in [0.3, 0.4) is 0 Å². The Kier molecular flexibility index (Phi) is 4.93. The Morgan fingerprint density at radius 3 is 2.65 bits per heavy atom. The first-order valence-electron chi connectivity index (χ1n) is 5.76. The molecule has 2 atom stereocenters. The Balaban J connectivity index is 2.65. The molecule has 4 N–H and O–H groups in total. The molecule has 2 unspecified atom stereocenters. The second kappa shape index (κ2) is 6.00. The summed E-state index contributed by atoms with van der Waals surface area (Å²) in [5.74, 6) is 0.648. The fourth-order valence-electron chi connectivity index (χ4n) is 1.71. The molecule has 0 radical (unpaired) electrons. The first-order valence-corrected chi connectivity index (χ1v) is 5.76. The van der Waals surface area contributed by atoms with Crippen molar-refractivity contribution < 1.29 is 14.9 Å². The lowest BCUT2D eigenvalue weighted by molar-refractivity contribution is 0.0232. The van der Waals surface area contributed by atoms with Gasteiger partial charge in [-0.25, -0.2) is 0 Å². The highest BCUT2D eigenvalue weighted by molar-refractivity contribution is 5.32. The van der Waals surface area contributed by atoms with Crippen LogP contribution in [0.4, 0.5) is 0 Å². The van der Waals surface area contributed by atoms with Crippen LogP contribution < -0.4 is 10.5 Å². The van der Waals surface area contributed by atoms with Gasteiger partial charge < -0.3 is 20.7 Å². The van der Waals surface area contributed by atoms with E-state index in [1.165, 1.54) is 0 Å². The van der Waals surface area contributed by atoms with Crippen molar-refractivity contribution in [1.29, 1.82) is 0 Å². The van der Waals surface area contributed by atoms with E-state index in [-0.39, 0.29) is 19.3 Å². The van der Waals surface area contributed by atoms with Gasteiger partial charge in [0.15, 0.2) is 0 Å². The molecule has 0 aromatic heterocycles. The Hall–Kier alpha value is -1.10. The number of hydrogen-bond donors (Lipinski definition) is 3. The largest absolute Gasteiger partial charge is 0.490 e. The van der Waals surface area contributed by atoms with E-state index in [1.54, 1.807) is 13.0 Å². The molecule has 0 saturated heterocycles. The monoisotopic (exact) mass is 239 g/mol. The maximum Gasteiger partial charge on any atom is 0.125 e. The fraction of sp³-hybridized carbons (Fsp3) is 0.538. The van der Waals surface area contributed by atoms with E-state index in [0.717, 1.165) is 5.56 Å². The number of ether oxygens (including phenoxy) is 1. The van der Waals surface area contributed by atoms with E-state index in [9.17, 15) is 5.11 Å². The lowest BCUT2D eigenvalue weighted by Crippen LogP contribution is -2.38. The van der Waals surface area contributed by atoms with Gasteiger partial charge in [0.05, 0.1) is 18.3 Å². The van der Waals surface area contributed by atoms with Crippen LogP contribution in [0.25, 0.3) is 0 Å². The molecule has 4 nitrogen and oxygen atoms in total. The van der Waals surface area contributed by atoms with E-state index >= 15 is 0 Å². The topological polar surface area (TPSA) is 75.7 Å². The zero-order chi connectivity index (χ0) is 12.9. The van der Waals surface area contributed by atoms with Crippen LogP contribution in [0, 0.1) is 0 Å². The third-order valence-corrected chi connectivity index (χ3v) is 2.64. The first kappa shape index (κ1) is 14.0. The summed E-state index contributed by atoms with van der Waals surface area (Å²) in [6, 6.07) is 7.31. The number of rotatable bonds is 6. The molecule has 1 aromatic rings. The molecule has 1 rings (SSSR count). The van der Waals surface area contributed by atoms with Crippen LogP contribution in [0.1, 0.15) is 25.8 Å². The summed E-state index contributed by atoms with van der Waals surface area (Å²) in [6.45, 7) is 3.70. The standard InChI is InChI=1S/C13H21NO3/c1-10(7-13(2,16)9-14)17-12-6-4-3-5-11(12)8-15/h3-6,10,15-16H,7-9,14H2,1-2H3. The van der Waals surface area contributed by atoms with Gasteiger partial charge in [-0.1, -0.05) is 18.2 Å². The van der Waals surface area contributed by atoms with E-state index < -0.39 is 5.60 Å². The molecule has 0 heterocycles. The van der Waals surface area contributed by atoms with E-state index in [1.807, 2.05) is 25.1 Å². The van der Waals surface area contributed by atoms with Crippen LogP contribution in [-0.4, -0.2) is 28.5 Å². The molecule has 4 heteroatoms. The number of aliphatic hydroxyl groups excluding tert-OH is 1. The summed E-state index contributed by atoms with van der Waals surface area (Å²) < 4.78 is 5.70. The number of nitrogens with two attached hydrogens (primary N) is 1. The lowest BCUT2D eigenvalue weighted by Gasteiger charge is -2.26. The third kappa shape index (κ3) is 4.34. The van der Waals surface area contributed by atoms with Gasteiger partial charge in [-0.05, 0) is 19.9 Å². The Morgan fingerprint density at radius 1 is 1.41 bits per heavy atom. The first-order chi connectivity index (χ1) is 7.98. The number of para-hydroxylation sites is 1. The number of hydrogen-bond acceptors (Lipinski definition) is 4. The van der Waals surface area contributed by atoms with Gasteiger partial charge in [-0.2, -0.15) is 0 Å². The average Bonchev–Trinajstić information content (AvgIpc) is 2.29. The zero-order valence-corrected chi connectivity index (χ0v) is 10.4. The number of benzene rings is 1. The van der Waals surface area contributed by atoms with Gasteiger partial charge in [-0.15, -0.1) is 0 Å². The molecule has 0 bridgehead atoms. The van der Waals surface area contributed by atoms with Crippen LogP contribution >= 0.6 is 0 Å². The molecule has 0 saturated carbocycles. The second-order valence-corrected chi connectivity index (χ2v) is 4.60. The highest BCUT2D eigenvalue weighted by Gasteiger charge is 2.22. The van der Waals surface area contributed by atoms with E-state index in [2.05, 4.69) is 0 Å². The van der Waals surface area contributed by atoms with Crippen molar-refractivity contribution in [2.45, 2.75) is 38.6 Å². The molecule has 0 spiro atoms. The third-order valence-electron chi connectivity index (χ3n) is 2.64. The van der Waals surface area contributed by atoms with Gasteiger partial charge >= 0.3 is 0 Å². The van der Waals surface area contributed by atoms with E-state index in [0.29, 0.717) is 12.2 Å². The molecular weight excluding hydrogens is 218 g/mol. The van der Waals surface area contributed by atoms with Gasteiger partial charge in [0.1, 0.15) is 5.75 Å². The quantitative estimate of drug-likeness (QED) is 0.693.